The van der Waals surface area contributed by atoms with Crippen LogP contribution in [-0.4, -0.2) is 37.1 Å². The normalized spacial score (nSPS) is 22.9. The molecule has 1 aliphatic heterocycles. The lowest BCUT2D eigenvalue weighted by atomic mass is 9.96. The number of hydrogen-bond donors (Lipinski definition) is 1. The third kappa shape index (κ3) is 7.08. The van der Waals surface area contributed by atoms with Crippen LogP contribution in [0.1, 0.15) is 72.6 Å². The number of likely N-dealkylation sites (tertiary alicyclic amines) is 1. The highest BCUT2D eigenvalue weighted by atomic mass is 15.2. The van der Waals surface area contributed by atoms with E-state index < -0.39 is 0 Å². The summed E-state index contributed by atoms with van der Waals surface area (Å²) in [5, 5.41) is 3.68. The molecule has 2 nitrogen and oxygen atoms in total. The Hall–Kier alpha value is -0.0800. The summed E-state index contributed by atoms with van der Waals surface area (Å²) in [4.78, 5) is 2.78. The van der Waals surface area contributed by atoms with Crippen LogP contribution in [0.3, 0.4) is 0 Å². The quantitative estimate of drug-likeness (QED) is 0.678. The standard InChI is InChI=1S/C18H38N2/c1-5-8-17-10-7-12-20(13-11-17)18(9-6-2)15-19-14-16(3)4/h16-19H,5-15H2,1-4H3. The van der Waals surface area contributed by atoms with Crippen molar-refractivity contribution in [2.45, 2.75) is 78.7 Å². The average molecular weight is 283 g/mol. The fraction of sp³-hybridized carbons (Fsp3) is 1.00. The first-order valence-corrected chi connectivity index (χ1v) is 9.12. The van der Waals surface area contributed by atoms with Gasteiger partial charge >= 0.3 is 0 Å². The molecule has 1 rings (SSSR count). The minimum Gasteiger partial charge on any atom is -0.315 e. The zero-order valence-corrected chi connectivity index (χ0v) is 14.5. The third-order valence-corrected chi connectivity index (χ3v) is 4.65. The van der Waals surface area contributed by atoms with E-state index in [1.165, 1.54) is 64.6 Å². The van der Waals surface area contributed by atoms with E-state index in [1.807, 2.05) is 0 Å². The molecule has 0 bridgehead atoms. The first-order chi connectivity index (χ1) is 9.67. The average Bonchev–Trinajstić information content (AvgIpc) is 2.63. The Morgan fingerprint density at radius 2 is 1.85 bits per heavy atom. The number of nitrogens with one attached hydrogen (secondary N) is 1. The van der Waals surface area contributed by atoms with E-state index in [9.17, 15) is 0 Å². The lowest BCUT2D eigenvalue weighted by Crippen LogP contribution is -2.43. The van der Waals surface area contributed by atoms with Gasteiger partial charge in [0.15, 0.2) is 0 Å². The van der Waals surface area contributed by atoms with Crippen LogP contribution in [0.5, 0.6) is 0 Å². The maximum atomic E-state index is 3.68. The number of rotatable bonds is 9. The minimum atomic E-state index is 0.760. The van der Waals surface area contributed by atoms with E-state index in [0.717, 1.165) is 24.4 Å². The van der Waals surface area contributed by atoms with E-state index in [4.69, 9.17) is 0 Å². The second kappa shape index (κ2) is 10.6. The highest BCUT2D eigenvalue weighted by Gasteiger charge is 2.22. The Kier molecular flexibility index (Phi) is 9.54. The van der Waals surface area contributed by atoms with Crippen LogP contribution in [0.2, 0.25) is 0 Å². The van der Waals surface area contributed by atoms with Crippen LogP contribution in [0.25, 0.3) is 0 Å². The Labute approximate surface area is 127 Å². The predicted molar refractivity (Wildman–Crippen MR) is 90.2 cm³/mol. The number of hydrogen-bond acceptors (Lipinski definition) is 2. The maximum absolute atomic E-state index is 3.68. The van der Waals surface area contributed by atoms with Crippen molar-refractivity contribution in [2.24, 2.45) is 11.8 Å². The van der Waals surface area contributed by atoms with Crippen LogP contribution in [0, 0.1) is 11.8 Å². The molecule has 0 aliphatic carbocycles. The number of nitrogens with zero attached hydrogens (tertiary/aromatic N) is 1. The van der Waals surface area contributed by atoms with Crippen molar-refractivity contribution in [3.05, 3.63) is 0 Å². The van der Waals surface area contributed by atoms with Gasteiger partial charge in [0, 0.05) is 12.6 Å². The fourth-order valence-corrected chi connectivity index (χ4v) is 3.54. The smallest absolute Gasteiger partial charge is 0.0220 e. The van der Waals surface area contributed by atoms with Crippen molar-refractivity contribution in [1.29, 1.82) is 0 Å². The molecule has 20 heavy (non-hydrogen) atoms. The van der Waals surface area contributed by atoms with Gasteiger partial charge in [-0.2, -0.15) is 0 Å². The second-order valence-corrected chi connectivity index (χ2v) is 7.12. The van der Waals surface area contributed by atoms with E-state index >= 15 is 0 Å². The van der Waals surface area contributed by atoms with Crippen molar-refractivity contribution >= 4 is 0 Å². The van der Waals surface area contributed by atoms with Gasteiger partial charge in [-0.1, -0.05) is 47.0 Å². The molecule has 0 amide bonds. The van der Waals surface area contributed by atoms with Crippen molar-refractivity contribution in [3.8, 4) is 0 Å². The van der Waals surface area contributed by atoms with Gasteiger partial charge in [-0.25, -0.2) is 0 Å². The molecule has 0 aromatic heterocycles. The van der Waals surface area contributed by atoms with Gasteiger partial charge in [0.2, 0.25) is 0 Å². The molecular weight excluding hydrogens is 244 g/mol. The molecule has 1 N–H and O–H groups in total. The van der Waals surface area contributed by atoms with Crippen LogP contribution in [-0.2, 0) is 0 Å². The molecule has 0 radical (unpaired) electrons. The molecule has 120 valence electrons. The molecule has 2 unspecified atom stereocenters. The topological polar surface area (TPSA) is 15.3 Å². The zero-order chi connectivity index (χ0) is 14.8. The molecule has 0 aromatic rings. The third-order valence-electron chi connectivity index (χ3n) is 4.65. The summed E-state index contributed by atoms with van der Waals surface area (Å²) in [6, 6.07) is 0.763. The summed E-state index contributed by atoms with van der Waals surface area (Å²) in [5.74, 6) is 1.76. The SMILES string of the molecule is CCCC1CCCN(C(CCC)CNCC(C)C)CC1. The Bertz CT molecular complexity index is 227. The summed E-state index contributed by atoms with van der Waals surface area (Å²) in [5.41, 5.74) is 0. The summed E-state index contributed by atoms with van der Waals surface area (Å²) in [6.45, 7) is 14.3. The molecule has 0 spiro atoms. The van der Waals surface area contributed by atoms with Gasteiger partial charge in [-0.15, -0.1) is 0 Å². The van der Waals surface area contributed by atoms with Gasteiger partial charge < -0.3 is 5.32 Å². The molecular formula is C18H38N2. The zero-order valence-electron chi connectivity index (χ0n) is 14.5. The lowest BCUT2D eigenvalue weighted by Gasteiger charge is -2.31. The molecule has 1 heterocycles. The van der Waals surface area contributed by atoms with Crippen LogP contribution < -0.4 is 5.32 Å². The molecule has 2 atom stereocenters. The Morgan fingerprint density at radius 3 is 2.50 bits per heavy atom. The van der Waals surface area contributed by atoms with Gasteiger partial charge in [-0.3, -0.25) is 4.90 Å². The second-order valence-electron chi connectivity index (χ2n) is 7.12. The highest BCUT2D eigenvalue weighted by Crippen LogP contribution is 2.23. The van der Waals surface area contributed by atoms with Crippen molar-refractivity contribution in [2.75, 3.05) is 26.2 Å². The summed E-state index contributed by atoms with van der Waals surface area (Å²) in [6.07, 6.45) is 9.76. The van der Waals surface area contributed by atoms with Crippen LogP contribution in [0.15, 0.2) is 0 Å². The summed E-state index contributed by atoms with van der Waals surface area (Å²) >= 11 is 0. The minimum absolute atomic E-state index is 0.760. The van der Waals surface area contributed by atoms with Crippen molar-refractivity contribution in [3.63, 3.8) is 0 Å². The summed E-state index contributed by atoms with van der Waals surface area (Å²) < 4.78 is 0. The monoisotopic (exact) mass is 282 g/mol. The molecule has 0 aromatic carbocycles. The molecule has 0 saturated carbocycles. The van der Waals surface area contributed by atoms with Crippen molar-refractivity contribution in [1.82, 2.24) is 10.2 Å². The van der Waals surface area contributed by atoms with Crippen molar-refractivity contribution < 1.29 is 0 Å². The van der Waals surface area contributed by atoms with E-state index in [1.54, 1.807) is 0 Å². The van der Waals surface area contributed by atoms with Crippen LogP contribution >= 0.6 is 0 Å². The first-order valence-electron chi connectivity index (χ1n) is 9.12. The van der Waals surface area contributed by atoms with E-state index in [0.29, 0.717) is 0 Å². The Morgan fingerprint density at radius 1 is 1.05 bits per heavy atom. The molecule has 1 fully saturated rings. The van der Waals surface area contributed by atoms with Gasteiger partial charge in [-0.05, 0) is 57.2 Å². The molecule has 2 heteroatoms. The van der Waals surface area contributed by atoms with Gasteiger partial charge in [0.1, 0.15) is 0 Å². The van der Waals surface area contributed by atoms with Crippen LogP contribution in [0.4, 0.5) is 0 Å². The predicted octanol–water partition coefficient (Wildman–Crippen LogP) is 4.30. The van der Waals surface area contributed by atoms with E-state index in [2.05, 4.69) is 37.9 Å². The molecule has 1 saturated heterocycles. The van der Waals surface area contributed by atoms with Gasteiger partial charge in [0.05, 0.1) is 0 Å². The molecule has 1 aliphatic rings. The van der Waals surface area contributed by atoms with Gasteiger partial charge in [0.25, 0.3) is 0 Å². The largest absolute Gasteiger partial charge is 0.315 e. The maximum Gasteiger partial charge on any atom is 0.0220 e. The summed E-state index contributed by atoms with van der Waals surface area (Å²) in [7, 11) is 0. The van der Waals surface area contributed by atoms with E-state index in [-0.39, 0.29) is 0 Å². The fourth-order valence-electron chi connectivity index (χ4n) is 3.54. The highest BCUT2D eigenvalue weighted by molar-refractivity contribution is 4.78. The lowest BCUT2D eigenvalue weighted by molar-refractivity contribution is 0.184. The Balaban J connectivity index is 2.40. The first kappa shape index (κ1) is 18.0.